The Morgan fingerprint density at radius 3 is 2.21 bits per heavy atom. The fraction of sp³-hybridized carbons (Fsp3) is 0.750. The summed E-state index contributed by atoms with van der Waals surface area (Å²) in [5.74, 6) is 1.16. The lowest BCUT2D eigenvalue weighted by Gasteiger charge is -2.35. The number of carbonyl (C=O) groups excluding carboxylic acids is 1. The third-order valence-corrected chi connectivity index (χ3v) is 3.14. The van der Waals surface area contributed by atoms with Gasteiger partial charge in [-0.3, -0.25) is 4.79 Å². The molecule has 0 radical (unpaired) electrons. The van der Waals surface area contributed by atoms with Gasteiger partial charge in [0.1, 0.15) is 5.78 Å². The summed E-state index contributed by atoms with van der Waals surface area (Å²) in [6, 6.07) is 0. The molecule has 1 aliphatic heterocycles. The van der Waals surface area contributed by atoms with Crippen molar-refractivity contribution in [1.29, 1.82) is 0 Å². The number of likely N-dealkylation sites (tertiary alicyclic amines) is 1. The normalized spacial score (nSPS) is 18.7. The molecule has 0 N–H and O–H groups in total. The number of nitrogens with zero attached hydrogens (tertiary/aromatic N) is 1. The molecule has 2 nitrogen and oxygen atoms in total. The van der Waals surface area contributed by atoms with Crippen molar-refractivity contribution in [2.24, 2.45) is 11.8 Å². The van der Waals surface area contributed by atoms with E-state index in [9.17, 15) is 4.79 Å². The first-order valence-corrected chi connectivity index (χ1v) is 5.46. The minimum atomic E-state index is 0.297. The van der Waals surface area contributed by atoms with Crippen molar-refractivity contribution in [3.8, 4) is 0 Å². The Hall–Kier alpha value is -0.790. The number of piperidine rings is 1. The van der Waals surface area contributed by atoms with E-state index in [1.54, 1.807) is 6.92 Å². The Labute approximate surface area is 87.0 Å². The Morgan fingerprint density at radius 1 is 1.36 bits per heavy atom. The average molecular weight is 195 g/mol. The number of hydrogen-bond acceptors (Lipinski definition) is 2. The second-order valence-electron chi connectivity index (χ2n) is 4.52. The van der Waals surface area contributed by atoms with Gasteiger partial charge in [-0.1, -0.05) is 20.4 Å². The molecule has 0 aliphatic carbocycles. The molecule has 0 amide bonds. The van der Waals surface area contributed by atoms with Crippen LogP contribution in [-0.2, 0) is 4.79 Å². The zero-order valence-corrected chi connectivity index (χ0v) is 9.55. The van der Waals surface area contributed by atoms with Crippen molar-refractivity contribution in [2.75, 3.05) is 13.1 Å². The highest BCUT2D eigenvalue weighted by atomic mass is 16.1. The van der Waals surface area contributed by atoms with E-state index in [1.165, 1.54) is 5.70 Å². The molecule has 14 heavy (non-hydrogen) atoms. The molecule has 1 fully saturated rings. The van der Waals surface area contributed by atoms with Gasteiger partial charge in [0.25, 0.3) is 0 Å². The van der Waals surface area contributed by atoms with E-state index in [-0.39, 0.29) is 0 Å². The van der Waals surface area contributed by atoms with Gasteiger partial charge in [-0.2, -0.15) is 0 Å². The second-order valence-corrected chi connectivity index (χ2v) is 4.52. The Kier molecular flexibility index (Phi) is 3.73. The maximum atomic E-state index is 11.2. The quantitative estimate of drug-likeness (QED) is 0.689. The zero-order chi connectivity index (χ0) is 10.7. The Morgan fingerprint density at radius 2 is 1.86 bits per heavy atom. The lowest BCUT2D eigenvalue weighted by Crippen LogP contribution is -2.36. The number of carbonyl (C=O) groups is 1. The van der Waals surface area contributed by atoms with E-state index in [1.807, 2.05) is 0 Å². The minimum Gasteiger partial charge on any atom is -0.375 e. The van der Waals surface area contributed by atoms with E-state index in [0.717, 1.165) is 25.9 Å². The molecule has 0 aromatic rings. The van der Waals surface area contributed by atoms with Crippen LogP contribution in [0.5, 0.6) is 0 Å². The first-order chi connectivity index (χ1) is 6.52. The Balaban J connectivity index is 2.43. The van der Waals surface area contributed by atoms with Gasteiger partial charge >= 0.3 is 0 Å². The Bertz CT molecular complexity index is 224. The van der Waals surface area contributed by atoms with Crippen LogP contribution >= 0.6 is 0 Å². The first kappa shape index (κ1) is 11.3. The summed E-state index contributed by atoms with van der Waals surface area (Å²) in [7, 11) is 0. The summed E-state index contributed by atoms with van der Waals surface area (Å²) in [6.07, 6.45) is 2.00. The topological polar surface area (TPSA) is 20.3 Å². The molecule has 0 spiro atoms. The third-order valence-electron chi connectivity index (χ3n) is 3.14. The van der Waals surface area contributed by atoms with Crippen LogP contribution in [0.15, 0.2) is 12.3 Å². The fourth-order valence-corrected chi connectivity index (χ4v) is 1.94. The van der Waals surface area contributed by atoms with E-state index in [0.29, 0.717) is 17.6 Å². The number of rotatable bonds is 3. The van der Waals surface area contributed by atoms with Crippen LogP contribution in [0.3, 0.4) is 0 Å². The molecule has 1 heterocycles. The van der Waals surface area contributed by atoms with Crippen LogP contribution in [0.4, 0.5) is 0 Å². The standard InChI is InChI=1S/C12H21NO/c1-9(2)10(3)13-7-5-12(6-8-13)11(4)14/h9,12H,3,5-8H2,1-2,4H3. The van der Waals surface area contributed by atoms with Crippen LogP contribution in [0.1, 0.15) is 33.6 Å². The molecule has 0 bridgehead atoms. The van der Waals surface area contributed by atoms with Crippen LogP contribution in [0, 0.1) is 11.8 Å². The highest BCUT2D eigenvalue weighted by Crippen LogP contribution is 2.23. The third kappa shape index (κ3) is 2.60. The van der Waals surface area contributed by atoms with Gasteiger partial charge in [0.15, 0.2) is 0 Å². The largest absolute Gasteiger partial charge is 0.375 e. The predicted molar refractivity (Wildman–Crippen MR) is 59.0 cm³/mol. The summed E-state index contributed by atoms with van der Waals surface area (Å²) < 4.78 is 0. The monoisotopic (exact) mass is 195 g/mol. The highest BCUT2D eigenvalue weighted by Gasteiger charge is 2.23. The molecule has 0 aromatic carbocycles. The van der Waals surface area contributed by atoms with Crippen LogP contribution < -0.4 is 0 Å². The van der Waals surface area contributed by atoms with E-state index in [2.05, 4.69) is 25.3 Å². The van der Waals surface area contributed by atoms with E-state index in [4.69, 9.17) is 0 Å². The maximum Gasteiger partial charge on any atom is 0.133 e. The summed E-state index contributed by atoms with van der Waals surface area (Å²) in [5, 5.41) is 0. The number of allylic oxidation sites excluding steroid dienone is 1. The first-order valence-electron chi connectivity index (χ1n) is 5.46. The molecule has 0 saturated carbocycles. The zero-order valence-electron chi connectivity index (χ0n) is 9.55. The van der Waals surface area contributed by atoms with Crippen LogP contribution in [-0.4, -0.2) is 23.8 Å². The smallest absolute Gasteiger partial charge is 0.133 e. The van der Waals surface area contributed by atoms with E-state index < -0.39 is 0 Å². The van der Waals surface area contributed by atoms with Crippen molar-refractivity contribution < 1.29 is 4.79 Å². The summed E-state index contributed by atoms with van der Waals surface area (Å²) >= 11 is 0. The average Bonchev–Trinajstić information content (AvgIpc) is 2.16. The molecule has 0 unspecified atom stereocenters. The lowest BCUT2D eigenvalue weighted by molar-refractivity contribution is -0.121. The van der Waals surface area contributed by atoms with Crippen molar-refractivity contribution in [3.63, 3.8) is 0 Å². The summed E-state index contributed by atoms with van der Waals surface area (Å²) in [5.41, 5.74) is 1.21. The molecule has 1 saturated heterocycles. The van der Waals surface area contributed by atoms with Gasteiger partial charge in [-0.25, -0.2) is 0 Å². The molecular weight excluding hydrogens is 174 g/mol. The number of Topliss-reactive ketones (excluding diaryl/α,β-unsaturated/α-hetero) is 1. The molecule has 1 rings (SSSR count). The molecule has 2 heteroatoms. The van der Waals surface area contributed by atoms with E-state index >= 15 is 0 Å². The van der Waals surface area contributed by atoms with Crippen molar-refractivity contribution in [2.45, 2.75) is 33.6 Å². The minimum absolute atomic E-state index is 0.297. The molecule has 1 aliphatic rings. The molecular formula is C12H21NO. The molecule has 80 valence electrons. The van der Waals surface area contributed by atoms with Crippen molar-refractivity contribution in [3.05, 3.63) is 12.3 Å². The van der Waals surface area contributed by atoms with Gasteiger partial charge in [-0.05, 0) is 25.7 Å². The van der Waals surface area contributed by atoms with Crippen molar-refractivity contribution in [1.82, 2.24) is 4.90 Å². The van der Waals surface area contributed by atoms with Crippen LogP contribution in [0.2, 0.25) is 0 Å². The van der Waals surface area contributed by atoms with Gasteiger partial charge < -0.3 is 4.90 Å². The number of ketones is 1. The molecule has 0 atom stereocenters. The molecule has 0 aromatic heterocycles. The second kappa shape index (κ2) is 4.63. The summed E-state index contributed by atoms with van der Waals surface area (Å²) in [6.45, 7) is 12.1. The van der Waals surface area contributed by atoms with Gasteiger partial charge in [0.2, 0.25) is 0 Å². The maximum absolute atomic E-state index is 11.2. The number of hydrogen-bond donors (Lipinski definition) is 0. The van der Waals surface area contributed by atoms with Gasteiger partial charge in [0, 0.05) is 24.7 Å². The van der Waals surface area contributed by atoms with Crippen molar-refractivity contribution >= 4 is 5.78 Å². The highest BCUT2D eigenvalue weighted by molar-refractivity contribution is 5.78. The van der Waals surface area contributed by atoms with Gasteiger partial charge in [0.05, 0.1) is 0 Å². The SMILES string of the molecule is C=C(C(C)C)N1CCC(C(C)=O)CC1. The predicted octanol–water partition coefficient (Wildman–Crippen LogP) is 2.46. The fourth-order valence-electron chi connectivity index (χ4n) is 1.94. The van der Waals surface area contributed by atoms with Gasteiger partial charge in [-0.15, -0.1) is 0 Å². The lowest BCUT2D eigenvalue weighted by atomic mass is 9.92. The van der Waals surface area contributed by atoms with Crippen LogP contribution in [0.25, 0.3) is 0 Å². The summed E-state index contributed by atoms with van der Waals surface area (Å²) in [4.78, 5) is 13.5.